The fraction of sp³-hybridized carbons (Fsp3) is 0.458. The maximum Gasteiger partial charge on any atom is 0.233 e. The molecule has 1 saturated heterocycles. The van der Waals surface area contributed by atoms with Crippen LogP contribution >= 0.6 is 24.0 Å². The summed E-state index contributed by atoms with van der Waals surface area (Å²) < 4.78 is 5.82. The molecule has 5 rings (SSSR count). The van der Waals surface area contributed by atoms with Crippen molar-refractivity contribution >= 4 is 52.7 Å². The van der Waals surface area contributed by atoms with Gasteiger partial charge in [0.25, 0.3) is 0 Å². The zero-order valence-electron chi connectivity index (χ0n) is 18.1. The third-order valence-electron chi connectivity index (χ3n) is 6.63. The number of imide groups is 1. The lowest BCUT2D eigenvalue weighted by Gasteiger charge is -2.18. The molecular weight excluding hydrogens is 519 g/mol. The van der Waals surface area contributed by atoms with Crippen LogP contribution in [0.2, 0.25) is 0 Å². The van der Waals surface area contributed by atoms with E-state index in [4.69, 9.17) is 4.42 Å². The van der Waals surface area contributed by atoms with Crippen LogP contribution in [0, 0.1) is 23.7 Å². The number of halogens is 1. The van der Waals surface area contributed by atoms with Crippen molar-refractivity contribution in [3.63, 3.8) is 0 Å². The number of hydrogen-bond donors (Lipinski definition) is 2. The van der Waals surface area contributed by atoms with Crippen molar-refractivity contribution < 1.29 is 14.0 Å². The highest BCUT2D eigenvalue weighted by Gasteiger charge is 2.58. The zero-order valence-corrected chi connectivity index (χ0v) is 20.5. The van der Waals surface area contributed by atoms with Gasteiger partial charge in [-0.2, -0.15) is 0 Å². The minimum absolute atomic E-state index is 0. The van der Waals surface area contributed by atoms with Crippen molar-refractivity contribution in [3.8, 4) is 0 Å². The number of likely N-dealkylation sites (tertiary alicyclic amines) is 1. The van der Waals surface area contributed by atoms with Crippen LogP contribution in [0.1, 0.15) is 25.5 Å². The molecule has 2 bridgehead atoms. The molecule has 7 nitrogen and oxygen atoms in total. The predicted octanol–water partition coefficient (Wildman–Crippen LogP) is 3.30. The molecule has 4 unspecified atom stereocenters. The smallest absolute Gasteiger partial charge is 0.233 e. The number of carbonyl (C=O) groups excluding carboxylic acids is 2. The van der Waals surface area contributed by atoms with Gasteiger partial charge in [-0.15, -0.1) is 24.0 Å². The second kappa shape index (κ2) is 9.64. The average molecular weight is 548 g/mol. The number of nitrogens with one attached hydrogen (secondary N) is 2. The van der Waals surface area contributed by atoms with Gasteiger partial charge in [-0.25, -0.2) is 4.99 Å². The van der Waals surface area contributed by atoms with E-state index in [1.807, 2.05) is 37.3 Å². The molecule has 2 amide bonds. The SMILES string of the molecule is CCNC(=NCc1cc2ccccc2o1)NCCCN1C(=O)C2C3C=CC(C3)C2C1=O.I. The summed E-state index contributed by atoms with van der Waals surface area (Å²) in [5, 5.41) is 7.59. The first-order chi connectivity index (χ1) is 15.2. The number of fused-ring (bicyclic) bond motifs is 6. The van der Waals surface area contributed by atoms with Crippen LogP contribution < -0.4 is 10.6 Å². The Hall–Kier alpha value is -2.36. The predicted molar refractivity (Wildman–Crippen MR) is 134 cm³/mol. The lowest BCUT2D eigenvalue weighted by Crippen LogP contribution is -2.40. The maximum atomic E-state index is 12.8. The lowest BCUT2D eigenvalue weighted by atomic mass is 9.85. The van der Waals surface area contributed by atoms with E-state index < -0.39 is 0 Å². The Morgan fingerprint density at radius 1 is 1.12 bits per heavy atom. The van der Waals surface area contributed by atoms with Crippen LogP contribution in [0.3, 0.4) is 0 Å². The molecular formula is C24H29IN4O3. The molecule has 2 aromatic rings. The third kappa shape index (κ3) is 4.16. The van der Waals surface area contributed by atoms with Crippen molar-refractivity contribution in [2.24, 2.45) is 28.7 Å². The van der Waals surface area contributed by atoms with Gasteiger partial charge >= 0.3 is 0 Å². The first-order valence-electron chi connectivity index (χ1n) is 11.2. The first kappa shape index (κ1) is 22.8. The minimum atomic E-state index is -0.113. The van der Waals surface area contributed by atoms with Crippen LogP contribution in [-0.2, 0) is 16.1 Å². The molecule has 2 fully saturated rings. The van der Waals surface area contributed by atoms with E-state index in [1.54, 1.807) is 0 Å². The number of para-hydroxylation sites is 1. The van der Waals surface area contributed by atoms with Crippen LogP contribution in [-0.4, -0.2) is 42.3 Å². The van der Waals surface area contributed by atoms with E-state index in [9.17, 15) is 9.59 Å². The monoisotopic (exact) mass is 548 g/mol. The quantitative estimate of drug-likeness (QED) is 0.139. The van der Waals surface area contributed by atoms with Crippen molar-refractivity contribution in [2.45, 2.75) is 26.3 Å². The highest BCUT2D eigenvalue weighted by molar-refractivity contribution is 14.0. The zero-order chi connectivity index (χ0) is 21.4. The van der Waals surface area contributed by atoms with Gasteiger partial charge in [0.05, 0.1) is 11.8 Å². The normalized spacial score (nSPS) is 26.0. The van der Waals surface area contributed by atoms with Gasteiger partial charge < -0.3 is 15.1 Å². The molecule has 3 aliphatic rings. The largest absolute Gasteiger partial charge is 0.459 e. The second-order valence-corrected chi connectivity index (χ2v) is 8.55. The summed E-state index contributed by atoms with van der Waals surface area (Å²) >= 11 is 0. The molecule has 0 spiro atoms. The van der Waals surface area contributed by atoms with E-state index in [1.165, 1.54) is 4.90 Å². The number of guanidine groups is 1. The van der Waals surface area contributed by atoms with Crippen molar-refractivity contribution in [3.05, 3.63) is 48.2 Å². The molecule has 8 heteroatoms. The number of hydrogen-bond acceptors (Lipinski definition) is 4. The summed E-state index contributed by atoms with van der Waals surface area (Å²) in [6.45, 7) is 4.28. The Bertz CT molecular complexity index is 999. The Kier molecular flexibility index (Phi) is 6.88. The fourth-order valence-electron chi connectivity index (χ4n) is 5.24. The molecule has 1 saturated carbocycles. The maximum absolute atomic E-state index is 12.8. The van der Waals surface area contributed by atoms with E-state index >= 15 is 0 Å². The standard InChI is InChI=1S/C24H28N4O3.HI/c1-2-25-24(27-14-18-13-15-6-3-4-7-19(15)31-18)26-10-5-11-28-22(29)20-16-8-9-17(12-16)21(20)23(28)30;/h3-4,6-9,13,16-17,20-21H,2,5,10-12,14H2,1H3,(H2,25,26,27);1H. The molecule has 4 atom stereocenters. The van der Waals surface area contributed by atoms with Crippen LogP contribution in [0.25, 0.3) is 11.0 Å². The van der Waals surface area contributed by atoms with Gasteiger partial charge in [0.2, 0.25) is 11.8 Å². The molecule has 2 heterocycles. The summed E-state index contributed by atoms with van der Waals surface area (Å²) in [6.07, 6.45) is 5.91. The molecule has 0 radical (unpaired) electrons. The molecule has 1 aromatic heterocycles. The van der Waals surface area contributed by atoms with E-state index in [0.717, 1.165) is 29.7 Å². The highest BCUT2D eigenvalue weighted by Crippen LogP contribution is 2.52. The van der Waals surface area contributed by atoms with Crippen molar-refractivity contribution in [1.82, 2.24) is 15.5 Å². The van der Waals surface area contributed by atoms with Crippen LogP contribution in [0.15, 0.2) is 51.9 Å². The summed E-state index contributed by atoms with van der Waals surface area (Å²) in [5.41, 5.74) is 0.860. The van der Waals surface area contributed by atoms with Gasteiger partial charge in [0.1, 0.15) is 17.9 Å². The number of benzene rings is 1. The Labute approximate surface area is 204 Å². The van der Waals surface area contributed by atoms with E-state index in [0.29, 0.717) is 32.0 Å². The molecule has 32 heavy (non-hydrogen) atoms. The Morgan fingerprint density at radius 3 is 2.53 bits per heavy atom. The summed E-state index contributed by atoms with van der Waals surface area (Å²) in [4.78, 5) is 31.6. The topological polar surface area (TPSA) is 86.9 Å². The molecule has 2 aliphatic carbocycles. The average Bonchev–Trinajstić information content (AvgIpc) is 3.53. The van der Waals surface area contributed by atoms with Crippen LogP contribution in [0.4, 0.5) is 0 Å². The van der Waals surface area contributed by atoms with E-state index in [-0.39, 0.29) is 59.5 Å². The molecule has 1 aliphatic heterocycles. The molecule has 170 valence electrons. The fourth-order valence-corrected chi connectivity index (χ4v) is 5.24. The van der Waals surface area contributed by atoms with Gasteiger partial charge in [0.15, 0.2) is 5.96 Å². The molecule has 2 N–H and O–H groups in total. The minimum Gasteiger partial charge on any atom is -0.459 e. The van der Waals surface area contributed by atoms with Gasteiger partial charge in [-0.1, -0.05) is 30.4 Å². The number of nitrogens with zero attached hydrogens (tertiary/aromatic N) is 2. The van der Waals surface area contributed by atoms with Gasteiger partial charge in [0, 0.05) is 25.0 Å². The second-order valence-electron chi connectivity index (χ2n) is 8.55. The Morgan fingerprint density at radius 2 is 1.84 bits per heavy atom. The van der Waals surface area contributed by atoms with Crippen molar-refractivity contribution in [2.75, 3.05) is 19.6 Å². The number of carbonyl (C=O) groups is 2. The lowest BCUT2D eigenvalue weighted by molar-refractivity contribution is -0.140. The summed E-state index contributed by atoms with van der Waals surface area (Å²) in [5.74, 6) is 1.86. The molecule has 1 aromatic carbocycles. The number of aliphatic imine (C=N–C) groups is 1. The van der Waals surface area contributed by atoms with Gasteiger partial charge in [-0.3, -0.25) is 14.5 Å². The highest BCUT2D eigenvalue weighted by atomic mass is 127. The van der Waals surface area contributed by atoms with Crippen molar-refractivity contribution in [1.29, 1.82) is 0 Å². The Balaban J connectivity index is 0.00000245. The number of amides is 2. The summed E-state index contributed by atoms with van der Waals surface area (Å²) in [6, 6.07) is 9.91. The number of rotatable bonds is 7. The van der Waals surface area contributed by atoms with Gasteiger partial charge in [-0.05, 0) is 43.7 Å². The third-order valence-corrected chi connectivity index (χ3v) is 6.63. The number of allylic oxidation sites excluding steroid dienone is 2. The van der Waals surface area contributed by atoms with Crippen LogP contribution in [0.5, 0.6) is 0 Å². The summed E-state index contributed by atoms with van der Waals surface area (Å²) in [7, 11) is 0. The first-order valence-corrected chi connectivity index (χ1v) is 11.2. The number of furan rings is 1. The van der Waals surface area contributed by atoms with E-state index in [2.05, 4.69) is 27.8 Å².